The van der Waals surface area contributed by atoms with Crippen LogP contribution in [0.25, 0.3) is 6.08 Å². The third kappa shape index (κ3) is 5.95. The highest BCUT2D eigenvalue weighted by Gasteiger charge is 2.03. The number of carbonyl (C=O) groups is 1. The Morgan fingerprint density at radius 1 is 1.61 bits per heavy atom. The summed E-state index contributed by atoms with van der Waals surface area (Å²) in [6.45, 7) is 5.23. The van der Waals surface area contributed by atoms with Crippen molar-refractivity contribution in [3.05, 3.63) is 28.0 Å². The molecule has 18 heavy (non-hydrogen) atoms. The Bertz CT molecular complexity index is 401. The zero-order chi connectivity index (χ0) is 13.4. The molecule has 4 nitrogen and oxygen atoms in total. The highest BCUT2D eigenvalue weighted by atomic mass is 32.1. The Balaban J connectivity index is 2.41. The lowest BCUT2D eigenvalue weighted by Gasteiger charge is -2.14. The fourth-order valence-corrected chi connectivity index (χ4v) is 2.38. The van der Waals surface area contributed by atoms with E-state index in [-0.39, 0.29) is 0 Å². The average Bonchev–Trinajstić information content (AvgIpc) is 2.74. The lowest BCUT2D eigenvalue weighted by Crippen LogP contribution is -2.22. The van der Waals surface area contributed by atoms with Crippen LogP contribution in [0.2, 0.25) is 0 Å². The number of likely N-dealkylation sites (N-methyl/N-ethyl adjacent to an activating group) is 1. The van der Waals surface area contributed by atoms with E-state index in [1.54, 1.807) is 17.4 Å². The number of ether oxygens (including phenoxy) is 1. The molecular weight excluding hydrogens is 250 g/mol. The summed E-state index contributed by atoms with van der Waals surface area (Å²) in [5, 5.41) is 10.5. The maximum Gasteiger partial charge on any atom is 0.328 e. The molecule has 0 unspecified atom stereocenters. The van der Waals surface area contributed by atoms with Crippen molar-refractivity contribution in [2.24, 2.45) is 0 Å². The molecule has 0 saturated heterocycles. The second-order valence-electron chi connectivity index (χ2n) is 3.95. The van der Waals surface area contributed by atoms with Crippen LogP contribution in [0.5, 0.6) is 0 Å². The zero-order valence-corrected chi connectivity index (χ0v) is 11.6. The minimum Gasteiger partial charge on any atom is -0.478 e. The van der Waals surface area contributed by atoms with Gasteiger partial charge in [-0.15, -0.1) is 11.3 Å². The van der Waals surface area contributed by atoms with Gasteiger partial charge in [0, 0.05) is 30.6 Å². The SMILES string of the molecule is CCOCCN(C)Cc1cc(/C=C/C(=O)O)cs1. The summed E-state index contributed by atoms with van der Waals surface area (Å²) in [5.74, 6) is -0.920. The molecule has 0 aliphatic heterocycles. The van der Waals surface area contributed by atoms with Crippen LogP contribution >= 0.6 is 11.3 Å². The van der Waals surface area contributed by atoms with Crippen LogP contribution in [0.15, 0.2) is 17.5 Å². The number of thiophene rings is 1. The summed E-state index contributed by atoms with van der Waals surface area (Å²) in [4.78, 5) is 13.8. The lowest BCUT2D eigenvalue weighted by atomic mass is 10.3. The minimum absolute atomic E-state index is 0.740. The topological polar surface area (TPSA) is 49.8 Å². The van der Waals surface area contributed by atoms with Crippen molar-refractivity contribution in [3.8, 4) is 0 Å². The van der Waals surface area contributed by atoms with Gasteiger partial charge < -0.3 is 9.84 Å². The largest absolute Gasteiger partial charge is 0.478 e. The lowest BCUT2D eigenvalue weighted by molar-refractivity contribution is -0.131. The van der Waals surface area contributed by atoms with Crippen molar-refractivity contribution in [1.29, 1.82) is 0 Å². The van der Waals surface area contributed by atoms with Gasteiger partial charge in [0.1, 0.15) is 0 Å². The second-order valence-corrected chi connectivity index (χ2v) is 4.95. The van der Waals surface area contributed by atoms with Crippen molar-refractivity contribution in [1.82, 2.24) is 4.90 Å². The summed E-state index contributed by atoms with van der Waals surface area (Å²) in [5.41, 5.74) is 0.940. The molecule has 0 atom stereocenters. The Labute approximate surface area is 111 Å². The summed E-state index contributed by atoms with van der Waals surface area (Å²) in [7, 11) is 2.05. The monoisotopic (exact) mass is 269 g/mol. The standard InChI is InChI=1S/C13H19NO3S/c1-3-17-7-6-14(2)9-12-8-11(10-18-12)4-5-13(15)16/h4-5,8,10H,3,6-7,9H2,1-2H3,(H,15,16)/b5-4+. The van der Waals surface area contributed by atoms with Gasteiger partial charge in [-0.25, -0.2) is 4.79 Å². The van der Waals surface area contributed by atoms with E-state index in [1.165, 1.54) is 4.88 Å². The van der Waals surface area contributed by atoms with Crippen LogP contribution in [0, 0.1) is 0 Å². The number of rotatable bonds is 8. The maximum absolute atomic E-state index is 10.4. The molecular formula is C13H19NO3S. The van der Waals surface area contributed by atoms with Gasteiger partial charge >= 0.3 is 5.97 Å². The molecule has 1 rings (SSSR count). The number of hydrogen-bond acceptors (Lipinski definition) is 4. The van der Waals surface area contributed by atoms with Crippen LogP contribution in [0.3, 0.4) is 0 Å². The van der Waals surface area contributed by atoms with E-state index in [4.69, 9.17) is 9.84 Å². The van der Waals surface area contributed by atoms with Crippen molar-refractivity contribution in [2.45, 2.75) is 13.5 Å². The first-order chi connectivity index (χ1) is 8.61. The number of nitrogens with zero attached hydrogens (tertiary/aromatic N) is 1. The summed E-state index contributed by atoms with van der Waals surface area (Å²) < 4.78 is 5.30. The van der Waals surface area contributed by atoms with Gasteiger partial charge in [0.05, 0.1) is 6.61 Å². The molecule has 1 aromatic rings. The molecule has 0 amide bonds. The Kier molecular flexibility index (Phi) is 6.64. The van der Waals surface area contributed by atoms with E-state index in [1.807, 2.05) is 25.4 Å². The highest BCUT2D eigenvalue weighted by Crippen LogP contribution is 2.17. The van der Waals surface area contributed by atoms with E-state index < -0.39 is 5.97 Å². The third-order valence-corrected chi connectivity index (χ3v) is 3.28. The van der Waals surface area contributed by atoms with E-state index >= 15 is 0 Å². The van der Waals surface area contributed by atoms with Gasteiger partial charge in [-0.05, 0) is 37.1 Å². The molecule has 1 aromatic heterocycles. The highest BCUT2D eigenvalue weighted by molar-refractivity contribution is 7.10. The average molecular weight is 269 g/mol. The minimum atomic E-state index is -0.920. The first-order valence-electron chi connectivity index (χ1n) is 5.86. The normalized spacial score (nSPS) is 11.5. The molecule has 0 saturated carbocycles. The molecule has 0 aliphatic rings. The Morgan fingerprint density at radius 2 is 2.39 bits per heavy atom. The van der Waals surface area contributed by atoms with Crippen LogP contribution in [0.4, 0.5) is 0 Å². The van der Waals surface area contributed by atoms with Gasteiger partial charge in [0.2, 0.25) is 0 Å². The second kappa shape index (κ2) is 8.02. The first-order valence-corrected chi connectivity index (χ1v) is 6.74. The third-order valence-electron chi connectivity index (χ3n) is 2.34. The van der Waals surface area contributed by atoms with Crippen molar-refractivity contribution in [3.63, 3.8) is 0 Å². The van der Waals surface area contributed by atoms with Crippen LogP contribution in [-0.4, -0.2) is 42.8 Å². The number of hydrogen-bond donors (Lipinski definition) is 1. The summed E-state index contributed by atoms with van der Waals surface area (Å²) in [6.07, 6.45) is 2.77. The molecule has 1 N–H and O–H groups in total. The maximum atomic E-state index is 10.4. The first kappa shape index (κ1) is 14.9. The van der Waals surface area contributed by atoms with E-state index in [9.17, 15) is 4.79 Å². The van der Waals surface area contributed by atoms with E-state index in [2.05, 4.69) is 4.90 Å². The predicted octanol–water partition coefficient (Wildman–Crippen LogP) is 2.31. The molecule has 5 heteroatoms. The van der Waals surface area contributed by atoms with Crippen LogP contribution < -0.4 is 0 Å². The molecule has 0 aliphatic carbocycles. The number of carboxylic acids is 1. The molecule has 0 spiro atoms. The molecule has 100 valence electrons. The quantitative estimate of drug-likeness (QED) is 0.581. The van der Waals surface area contributed by atoms with Crippen LogP contribution in [0.1, 0.15) is 17.4 Å². The van der Waals surface area contributed by atoms with Crippen molar-refractivity contribution in [2.75, 3.05) is 26.8 Å². The molecule has 0 radical (unpaired) electrons. The smallest absolute Gasteiger partial charge is 0.328 e. The Morgan fingerprint density at radius 3 is 3.06 bits per heavy atom. The van der Waals surface area contributed by atoms with Gasteiger partial charge in [-0.3, -0.25) is 4.90 Å². The molecule has 0 fully saturated rings. The van der Waals surface area contributed by atoms with Crippen LogP contribution in [-0.2, 0) is 16.1 Å². The van der Waals surface area contributed by atoms with Gasteiger partial charge in [-0.1, -0.05) is 0 Å². The molecule has 0 aromatic carbocycles. The van der Waals surface area contributed by atoms with E-state index in [0.717, 1.165) is 37.9 Å². The molecule has 1 heterocycles. The predicted molar refractivity (Wildman–Crippen MR) is 73.8 cm³/mol. The van der Waals surface area contributed by atoms with Gasteiger partial charge in [0.15, 0.2) is 0 Å². The molecule has 0 bridgehead atoms. The zero-order valence-electron chi connectivity index (χ0n) is 10.8. The number of carboxylic acid groups (broad SMARTS) is 1. The van der Waals surface area contributed by atoms with Crippen molar-refractivity contribution >= 4 is 23.4 Å². The summed E-state index contributed by atoms with van der Waals surface area (Å²) >= 11 is 1.64. The fourth-order valence-electron chi connectivity index (χ4n) is 1.45. The van der Waals surface area contributed by atoms with Gasteiger partial charge in [-0.2, -0.15) is 0 Å². The number of aliphatic carboxylic acids is 1. The van der Waals surface area contributed by atoms with E-state index in [0.29, 0.717) is 0 Å². The van der Waals surface area contributed by atoms with Gasteiger partial charge in [0.25, 0.3) is 0 Å². The summed E-state index contributed by atoms with van der Waals surface area (Å²) in [6, 6.07) is 2.02. The Hall–Kier alpha value is -1.17. The fraction of sp³-hybridized carbons (Fsp3) is 0.462. The van der Waals surface area contributed by atoms with Crippen molar-refractivity contribution < 1.29 is 14.6 Å².